The third kappa shape index (κ3) is 5.24. The van der Waals surface area contributed by atoms with Crippen LogP contribution in [-0.4, -0.2) is 43.8 Å². The summed E-state index contributed by atoms with van der Waals surface area (Å²) in [6.07, 6.45) is 0. The first-order valence-electron chi connectivity index (χ1n) is 8.08. The van der Waals surface area contributed by atoms with E-state index in [1.807, 2.05) is 31.4 Å². The Morgan fingerprint density at radius 1 is 1.16 bits per heavy atom. The van der Waals surface area contributed by atoms with Gasteiger partial charge in [-0.2, -0.15) is 4.31 Å². The van der Waals surface area contributed by atoms with Crippen LogP contribution in [-0.2, 0) is 16.6 Å². The molecule has 0 atom stereocenters. The van der Waals surface area contributed by atoms with Gasteiger partial charge in [0.1, 0.15) is 10.7 Å². The summed E-state index contributed by atoms with van der Waals surface area (Å²) < 4.78 is 40.9. The maximum atomic E-state index is 13.3. The molecule has 0 saturated carbocycles. The lowest BCUT2D eigenvalue weighted by atomic mass is 10.3. The van der Waals surface area contributed by atoms with Crippen molar-refractivity contribution in [3.63, 3.8) is 0 Å². The smallest absolute Gasteiger partial charge is 0.244 e. The minimum atomic E-state index is -3.82. The average molecular weight is 405 g/mol. The molecule has 0 bridgehead atoms. The van der Waals surface area contributed by atoms with Crippen molar-refractivity contribution in [2.75, 3.05) is 26.2 Å². The van der Waals surface area contributed by atoms with Gasteiger partial charge < -0.3 is 4.90 Å². The Morgan fingerprint density at radius 3 is 2.44 bits per heavy atom. The molecule has 0 aliphatic carbocycles. The number of thiophene rings is 1. The van der Waals surface area contributed by atoms with E-state index >= 15 is 0 Å². The number of hydrogen-bond acceptors (Lipinski definition) is 4. The minimum Gasteiger partial charge on any atom is -0.303 e. The van der Waals surface area contributed by atoms with Gasteiger partial charge in [-0.15, -0.1) is 11.3 Å². The van der Waals surface area contributed by atoms with Gasteiger partial charge in [0.15, 0.2) is 0 Å². The Bertz CT molecular complexity index is 778. The molecule has 4 nitrogen and oxygen atoms in total. The molecule has 0 unspecified atom stereocenters. The number of rotatable bonds is 9. The zero-order valence-electron chi connectivity index (χ0n) is 14.3. The third-order valence-electron chi connectivity index (χ3n) is 3.98. The monoisotopic (exact) mass is 404 g/mol. The van der Waals surface area contributed by atoms with Gasteiger partial charge in [0.05, 0.1) is 5.02 Å². The maximum absolute atomic E-state index is 13.3. The number of likely N-dealkylation sites (N-methyl/N-ethyl adjacent to an activating group) is 1. The van der Waals surface area contributed by atoms with Crippen LogP contribution in [0.5, 0.6) is 0 Å². The molecule has 2 rings (SSSR count). The predicted octanol–water partition coefficient (Wildman–Crippen LogP) is 4.07. The summed E-state index contributed by atoms with van der Waals surface area (Å²) in [5.74, 6) is -0.558. The fourth-order valence-electron chi connectivity index (χ4n) is 2.48. The first-order chi connectivity index (χ1) is 11.9. The first-order valence-corrected chi connectivity index (χ1v) is 10.8. The van der Waals surface area contributed by atoms with Gasteiger partial charge in [-0.25, -0.2) is 12.8 Å². The first kappa shape index (κ1) is 20.3. The Hall–Kier alpha value is -0.990. The third-order valence-corrected chi connectivity index (χ3v) is 7.17. The van der Waals surface area contributed by atoms with E-state index in [2.05, 4.69) is 4.90 Å². The molecule has 1 aromatic heterocycles. The van der Waals surface area contributed by atoms with Crippen LogP contribution in [0.4, 0.5) is 4.39 Å². The van der Waals surface area contributed by atoms with E-state index in [1.165, 1.54) is 21.7 Å². The molecule has 0 saturated heterocycles. The fraction of sp³-hybridized carbons (Fsp3) is 0.412. The molecule has 138 valence electrons. The molecule has 0 fully saturated rings. The lowest BCUT2D eigenvalue weighted by Crippen LogP contribution is -2.38. The molecule has 25 heavy (non-hydrogen) atoms. The Kier molecular flexibility index (Phi) is 7.39. The van der Waals surface area contributed by atoms with Gasteiger partial charge in [0.25, 0.3) is 0 Å². The van der Waals surface area contributed by atoms with E-state index < -0.39 is 15.8 Å². The van der Waals surface area contributed by atoms with Gasteiger partial charge >= 0.3 is 0 Å². The topological polar surface area (TPSA) is 40.6 Å². The van der Waals surface area contributed by atoms with Crippen LogP contribution in [0.3, 0.4) is 0 Å². The second-order valence-corrected chi connectivity index (χ2v) is 8.87. The van der Waals surface area contributed by atoms with Gasteiger partial charge in [-0.05, 0) is 42.7 Å². The lowest BCUT2D eigenvalue weighted by molar-refractivity contribution is 0.269. The largest absolute Gasteiger partial charge is 0.303 e. The maximum Gasteiger partial charge on any atom is 0.244 e. The highest BCUT2D eigenvalue weighted by Crippen LogP contribution is 2.27. The summed E-state index contributed by atoms with van der Waals surface area (Å²) in [6.45, 7) is 7.01. The highest BCUT2D eigenvalue weighted by molar-refractivity contribution is 7.89. The van der Waals surface area contributed by atoms with Crippen LogP contribution in [0.1, 0.15) is 18.7 Å². The Labute approximate surface area is 157 Å². The average Bonchev–Trinajstić information content (AvgIpc) is 3.07. The van der Waals surface area contributed by atoms with Crippen molar-refractivity contribution >= 4 is 33.0 Å². The molecule has 1 aromatic carbocycles. The minimum absolute atomic E-state index is 0.0633. The number of benzene rings is 1. The number of hydrogen-bond donors (Lipinski definition) is 0. The molecular formula is C17H22ClFN2O2S2. The van der Waals surface area contributed by atoms with Crippen molar-refractivity contribution in [2.45, 2.75) is 25.3 Å². The van der Waals surface area contributed by atoms with E-state index in [0.29, 0.717) is 13.1 Å². The van der Waals surface area contributed by atoms with Crippen molar-refractivity contribution in [1.29, 1.82) is 0 Å². The van der Waals surface area contributed by atoms with Crippen LogP contribution < -0.4 is 0 Å². The molecular weight excluding hydrogens is 383 g/mol. The fourth-order valence-corrected chi connectivity index (χ4v) is 5.19. The number of sulfonamides is 1. The zero-order chi connectivity index (χ0) is 18.4. The second-order valence-electron chi connectivity index (χ2n) is 5.52. The SMILES string of the molecule is CCN(CC)CCN(Cc1cccs1)S(=O)(=O)c1ccc(F)cc1Cl. The van der Waals surface area contributed by atoms with Crippen molar-refractivity contribution in [2.24, 2.45) is 0 Å². The van der Waals surface area contributed by atoms with Crippen LogP contribution in [0.2, 0.25) is 5.02 Å². The quantitative estimate of drug-likeness (QED) is 0.632. The highest BCUT2D eigenvalue weighted by atomic mass is 35.5. The van der Waals surface area contributed by atoms with Crippen molar-refractivity contribution in [3.8, 4) is 0 Å². The summed E-state index contributed by atoms with van der Waals surface area (Å²) in [7, 11) is -3.82. The molecule has 0 aliphatic rings. The van der Waals surface area contributed by atoms with Crippen LogP contribution in [0.25, 0.3) is 0 Å². The lowest BCUT2D eigenvalue weighted by Gasteiger charge is -2.26. The van der Waals surface area contributed by atoms with Crippen molar-refractivity contribution in [1.82, 2.24) is 9.21 Å². The van der Waals surface area contributed by atoms with Crippen molar-refractivity contribution < 1.29 is 12.8 Å². The molecule has 0 N–H and O–H groups in total. The normalized spacial score (nSPS) is 12.2. The number of nitrogens with zero attached hydrogens (tertiary/aromatic N) is 2. The van der Waals surface area contributed by atoms with E-state index in [0.717, 1.165) is 30.1 Å². The highest BCUT2D eigenvalue weighted by Gasteiger charge is 2.27. The van der Waals surface area contributed by atoms with Crippen LogP contribution in [0.15, 0.2) is 40.6 Å². The van der Waals surface area contributed by atoms with Crippen LogP contribution >= 0.6 is 22.9 Å². The van der Waals surface area contributed by atoms with Gasteiger partial charge in [0, 0.05) is 24.5 Å². The van der Waals surface area contributed by atoms with E-state index in [9.17, 15) is 12.8 Å². The summed E-state index contributed by atoms with van der Waals surface area (Å²) in [6, 6.07) is 7.16. The molecule has 0 amide bonds. The van der Waals surface area contributed by atoms with Gasteiger partial charge in [-0.3, -0.25) is 0 Å². The molecule has 0 radical (unpaired) electrons. The van der Waals surface area contributed by atoms with Gasteiger partial charge in [0.2, 0.25) is 10.0 Å². The Morgan fingerprint density at radius 2 is 1.88 bits per heavy atom. The van der Waals surface area contributed by atoms with Crippen LogP contribution in [0, 0.1) is 5.82 Å². The summed E-state index contributed by atoms with van der Waals surface area (Å²) in [5, 5.41) is 1.81. The molecule has 0 aliphatic heterocycles. The van der Waals surface area contributed by atoms with E-state index in [-0.39, 0.29) is 16.5 Å². The standard InChI is InChI=1S/C17H22ClFN2O2S2/c1-3-20(4-2)9-10-21(13-15-6-5-11-24-15)25(22,23)17-8-7-14(19)12-16(17)18/h5-8,11-12H,3-4,9-10,13H2,1-2H3. The van der Waals surface area contributed by atoms with Gasteiger partial charge in [-0.1, -0.05) is 31.5 Å². The van der Waals surface area contributed by atoms with E-state index in [1.54, 1.807) is 0 Å². The van der Waals surface area contributed by atoms with Crippen molar-refractivity contribution in [3.05, 3.63) is 51.4 Å². The number of halogens is 2. The summed E-state index contributed by atoms with van der Waals surface area (Å²) in [4.78, 5) is 3.04. The predicted molar refractivity (Wildman–Crippen MR) is 101 cm³/mol. The molecule has 2 aromatic rings. The summed E-state index contributed by atoms with van der Waals surface area (Å²) in [5.41, 5.74) is 0. The summed E-state index contributed by atoms with van der Waals surface area (Å²) >= 11 is 7.51. The molecule has 8 heteroatoms. The molecule has 0 spiro atoms. The second kappa shape index (κ2) is 9.09. The molecule has 1 heterocycles. The zero-order valence-corrected chi connectivity index (χ0v) is 16.7. The van der Waals surface area contributed by atoms with E-state index in [4.69, 9.17) is 11.6 Å². The Balaban J connectivity index is 2.31.